The fourth-order valence-corrected chi connectivity index (χ4v) is 6.95. The molecule has 7 aromatic rings. The molecule has 0 atom stereocenters. The second kappa shape index (κ2) is 17.2. The van der Waals surface area contributed by atoms with E-state index in [0.717, 1.165) is 65.2 Å². The zero-order chi connectivity index (χ0) is 37.1. The third-order valence-corrected chi connectivity index (χ3v) is 9.81. The Morgan fingerprint density at radius 2 is 0.836 bits per heavy atom. The van der Waals surface area contributed by atoms with E-state index >= 15 is 0 Å². The van der Waals surface area contributed by atoms with Gasteiger partial charge in [-0.2, -0.15) is 9.15 Å². The summed E-state index contributed by atoms with van der Waals surface area (Å²) < 4.78 is 4.71. The molecule has 0 fully saturated rings. The first-order chi connectivity index (χ1) is 27.3. The molecule has 1 aliphatic carbocycles. The van der Waals surface area contributed by atoms with Crippen LogP contribution in [0.2, 0.25) is 0 Å². The van der Waals surface area contributed by atoms with Gasteiger partial charge in [0, 0.05) is 96.4 Å². The summed E-state index contributed by atoms with van der Waals surface area (Å²) in [7, 11) is 0. The lowest BCUT2D eigenvalue weighted by Gasteiger charge is -2.25. The van der Waals surface area contributed by atoms with Crippen LogP contribution in [0, 0.1) is 0 Å². The Morgan fingerprint density at radius 1 is 0.382 bits per heavy atom. The van der Waals surface area contributed by atoms with Gasteiger partial charge in [0.1, 0.15) is 0 Å². The predicted octanol–water partition coefficient (Wildman–Crippen LogP) is 12.0. The monoisotopic (exact) mass is 712 g/mol. The Morgan fingerprint density at radius 3 is 1.42 bits per heavy atom. The molecule has 55 heavy (non-hydrogen) atoms. The third-order valence-electron chi connectivity index (χ3n) is 9.81. The molecular weight excluding hydrogens is 669 g/mol. The quantitative estimate of drug-likeness (QED) is 0.101. The number of para-hydroxylation sites is 2. The van der Waals surface area contributed by atoms with Gasteiger partial charge >= 0.3 is 0 Å². The maximum atomic E-state index is 3.59. The van der Waals surface area contributed by atoms with Crippen molar-refractivity contribution in [1.82, 2.24) is 4.58 Å². The van der Waals surface area contributed by atoms with Gasteiger partial charge in [-0.25, -0.2) is 0 Å². The molecule has 0 aliphatic heterocycles. The van der Waals surface area contributed by atoms with E-state index in [2.05, 4.69) is 244 Å². The fourth-order valence-electron chi connectivity index (χ4n) is 6.95. The van der Waals surface area contributed by atoms with Crippen LogP contribution in [-0.2, 0) is 19.6 Å². The van der Waals surface area contributed by atoms with E-state index in [9.17, 15) is 0 Å². The highest BCUT2D eigenvalue weighted by Crippen LogP contribution is 2.31. The Balaban J connectivity index is 1.16. The van der Waals surface area contributed by atoms with Gasteiger partial charge in [-0.3, -0.25) is 0 Å². The van der Waals surface area contributed by atoms with Crippen molar-refractivity contribution in [2.24, 2.45) is 0 Å². The zero-order valence-electron chi connectivity index (χ0n) is 30.8. The van der Waals surface area contributed by atoms with Crippen LogP contribution in [-0.4, -0.2) is 16.0 Å². The molecule has 0 spiro atoms. The second-order valence-electron chi connectivity index (χ2n) is 13.6. The summed E-state index contributed by atoms with van der Waals surface area (Å²) in [5, 5.41) is 3.59. The molecule has 4 nitrogen and oxygen atoms in total. The van der Waals surface area contributed by atoms with Crippen molar-refractivity contribution in [3.63, 3.8) is 0 Å². The van der Waals surface area contributed by atoms with E-state index in [1.807, 2.05) is 0 Å². The van der Waals surface area contributed by atoms with Crippen molar-refractivity contribution in [3.8, 4) is 0 Å². The van der Waals surface area contributed by atoms with Crippen molar-refractivity contribution in [3.05, 3.63) is 241 Å². The highest BCUT2D eigenvalue weighted by Gasteiger charge is 2.23. The largest absolute Gasteiger partial charge is 0.381 e. The molecule has 0 radical (unpaired) electrons. The summed E-state index contributed by atoms with van der Waals surface area (Å²) in [4.78, 5) is 2.37. The molecule has 0 bridgehead atoms. The molecule has 8 rings (SSSR count). The fraction of sp³-hybridized carbons (Fsp3) is 0.0588. The number of benzene rings is 7. The van der Waals surface area contributed by atoms with Gasteiger partial charge in [-0.1, -0.05) is 127 Å². The van der Waals surface area contributed by atoms with E-state index in [-0.39, 0.29) is 0 Å². The molecule has 1 aliphatic rings. The maximum absolute atomic E-state index is 3.59. The van der Waals surface area contributed by atoms with Gasteiger partial charge in [-0.15, -0.1) is 0 Å². The number of nitrogens with zero attached hydrogens (tertiary/aromatic N) is 3. The van der Waals surface area contributed by atoms with E-state index < -0.39 is 0 Å². The van der Waals surface area contributed by atoms with Crippen molar-refractivity contribution in [1.29, 1.82) is 0 Å². The van der Waals surface area contributed by atoms with Crippen molar-refractivity contribution in [2.75, 3.05) is 10.2 Å². The molecule has 0 saturated heterocycles. The van der Waals surface area contributed by atoms with Crippen LogP contribution in [0.15, 0.2) is 224 Å². The molecule has 0 unspecified atom stereocenters. The van der Waals surface area contributed by atoms with E-state index in [0.29, 0.717) is 0 Å². The predicted molar refractivity (Wildman–Crippen MR) is 232 cm³/mol. The second-order valence-corrected chi connectivity index (χ2v) is 13.6. The lowest BCUT2D eigenvalue weighted by molar-refractivity contribution is -0.456. The smallest absolute Gasteiger partial charge is 0.212 e. The number of nitrogens with one attached hydrogen (secondary N) is 1. The molecule has 4 heteroatoms. The SMILES string of the molecule is C1=CC(=[N+](c2ccc(NCc3ccccc3)cc2)c2ccc(N(Cc3ccccc3)c3ccccc3)cc2)C=CC1=[N+](Cc1ccccc1)c1ccccc1. The van der Waals surface area contributed by atoms with Crippen molar-refractivity contribution < 1.29 is 4.58 Å². The van der Waals surface area contributed by atoms with E-state index in [4.69, 9.17) is 0 Å². The minimum atomic E-state index is 0.772. The average molecular weight is 713 g/mol. The zero-order valence-corrected chi connectivity index (χ0v) is 30.8. The maximum Gasteiger partial charge on any atom is 0.212 e. The molecule has 0 amide bonds. The lowest BCUT2D eigenvalue weighted by atomic mass is 10.1. The highest BCUT2D eigenvalue weighted by molar-refractivity contribution is 6.18. The normalized spacial score (nSPS) is 12.0. The molecule has 1 N–H and O–H groups in total. The van der Waals surface area contributed by atoms with Gasteiger partial charge in [-0.05, 0) is 47.5 Å². The Hall–Kier alpha value is -7.04. The van der Waals surface area contributed by atoms with Crippen LogP contribution in [0.25, 0.3) is 0 Å². The number of allylic oxidation sites excluding steroid dienone is 4. The van der Waals surface area contributed by atoms with Gasteiger partial charge in [0.15, 0.2) is 6.54 Å². The lowest BCUT2D eigenvalue weighted by Crippen LogP contribution is -2.20. The minimum absolute atomic E-state index is 0.772. The first kappa shape index (κ1) is 35.0. The first-order valence-corrected chi connectivity index (χ1v) is 18.9. The van der Waals surface area contributed by atoms with Crippen molar-refractivity contribution in [2.45, 2.75) is 19.6 Å². The summed E-state index contributed by atoms with van der Waals surface area (Å²) in [6.07, 6.45) is 8.94. The summed E-state index contributed by atoms with van der Waals surface area (Å²) in [5.41, 5.74) is 12.7. The Kier molecular flexibility index (Phi) is 10.9. The van der Waals surface area contributed by atoms with Gasteiger partial charge in [0.25, 0.3) is 0 Å². The summed E-state index contributed by atoms with van der Waals surface area (Å²) in [6.45, 7) is 2.32. The van der Waals surface area contributed by atoms with E-state index in [1.165, 1.54) is 16.7 Å². The Bertz CT molecular complexity index is 2400. The van der Waals surface area contributed by atoms with Crippen LogP contribution in [0.4, 0.5) is 34.1 Å². The summed E-state index contributed by atoms with van der Waals surface area (Å²) >= 11 is 0. The molecule has 0 heterocycles. The van der Waals surface area contributed by atoms with Crippen LogP contribution in [0.1, 0.15) is 16.7 Å². The number of hydrogen-bond acceptors (Lipinski definition) is 2. The van der Waals surface area contributed by atoms with Crippen LogP contribution in [0.3, 0.4) is 0 Å². The third kappa shape index (κ3) is 8.78. The molecular formula is C51H44N4+2. The average Bonchev–Trinajstić information content (AvgIpc) is 3.27. The van der Waals surface area contributed by atoms with Gasteiger partial charge in [0.2, 0.25) is 28.5 Å². The molecule has 0 aromatic heterocycles. The number of rotatable bonds is 12. The Labute approximate surface area is 324 Å². The summed E-state index contributed by atoms with van der Waals surface area (Å²) in [5.74, 6) is 0. The highest BCUT2D eigenvalue weighted by atomic mass is 15.1. The molecule has 266 valence electrons. The summed E-state index contributed by atoms with van der Waals surface area (Å²) in [6, 6.07) is 70.7. The number of hydrogen-bond donors (Lipinski definition) is 1. The van der Waals surface area contributed by atoms with Crippen LogP contribution >= 0.6 is 0 Å². The molecule has 7 aromatic carbocycles. The minimum Gasteiger partial charge on any atom is -0.381 e. The molecule has 0 saturated carbocycles. The van der Waals surface area contributed by atoms with Crippen LogP contribution < -0.4 is 14.8 Å². The van der Waals surface area contributed by atoms with Gasteiger partial charge < -0.3 is 10.2 Å². The first-order valence-electron chi connectivity index (χ1n) is 18.9. The topological polar surface area (TPSA) is 21.3 Å². The standard InChI is InChI=1S/C51H43N4/c1-6-16-41(17-7-1)38-52-44-26-28-49(29-27-44)55(50-34-30-47(31-35-50)53(45-22-12-4-13-23-45)39-42-18-8-2-9-19-42)51-36-32-48(33-37-51)54(46-24-14-5-15-25-46)40-43-20-10-3-11-21-43/h1-37H,38-40H2/q+1/p+1. The van der Waals surface area contributed by atoms with Crippen molar-refractivity contribution >= 4 is 45.5 Å². The van der Waals surface area contributed by atoms with Crippen LogP contribution in [0.5, 0.6) is 0 Å². The van der Waals surface area contributed by atoms with Gasteiger partial charge in [0.05, 0.1) is 0 Å². The van der Waals surface area contributed by atoms with E-state index in [1.54, 1.807) is 0 Å². The number of anilines is 3.